The highest BCUT2D eigenvalue weighted by Crippen LogP contribution is 2.30. The molecule has 3 nitrogen and oxygen atoms in total. The van der Waals surface area contributed by atoms with Crippen LogP contribution in [0.3, 0.4) is 0 Å². The van der Waals surface area contributed by atoms with E-state index < -0.39 is 11.7 Å². The molecule has 0 aliphatic rings. The molecular weight excluding hydrogens is 255 g/mol. The largest absolute Gasteiger partial charge is 0.416 e. The van der Waals surface area contributed by atoms with Gasteiger partial charge in [-0.2, -0.15) is 18.3 Å². The average molecular weight is 269 g/mol. The number of nitrogens with zero attached hydrogens (tertiary/aromatic N) is 2. The maximum Gasteiger partial charge on any atom is 0.416 e. The van der Waals surface area contributed by atoms with E-state index in [-0.39, 0.29) is 0 Å². The van der Waals surface area contributed by atoms with Crippen LogP contribution in [0.5, 0.6) is 0 Å². The van der Waals surface area contributed by atoms with Crippen LogP contribution in [-0.4, -0.2) is 9.78 Å². The molecule has 6 heteroatoms. The molecular formula is C13H14F3N3. The van der Waals surface area contributed by atoms with Gasteiger partial charge < -0.3 is 5.32 Å². The fraction of sp³-hybridized carbons (Fsp3) is 0.308. The molecule has 1 aromatic heterocycles. The molecule has 0 saturated carbocycles. The lowest BCUT2D eigenvalue weighted by Crippen LogP contribution is -2.06. The Morgan fingerprint density at radius 2 is 2.05 bits per heavy atom. The van der Waals surface area contributed by atoms with Gasteiger partial charge in [-0.15, -0.1) is 0 Å². The first-order chi connectivity index (χ1) is 8.86. The minimum atomic E-state index is -4.32. The first-order valence-electron chi connectivity index (χ1n) is 5.76. The number of halogens is 3. The van der Waals surface area contributed by atoms with Crippen molar-refractivity contribution in [1.82, 2.24) is 9.78 Å². The van der Waals surface area contributed by atoms with Gasteiger partial charge >= 0.3 is 6.18 Å². The normalized spacial score (nSPS) is 11.6. The van der Waals surface area contributed by atoms with Crippen molar-refractivity contribution in [3.05, 3.63) is 47.3 Å². The predicted molar refractivity (Wildman–Crippen MR) is 66.7 cm³/mol. The van der Waals surface area contributed by atoms with Crippen molar-refractivity contribution in [3.8, 4) is 0 Å². The second-order valence-electron chi connectivity index (χ2n) is 4.35. The molecule has 0 bridgehead atoms. The Bertz CT molecular complexity index is 573. The maximum atomic E-state index is 12.6. The van der Waals surface area contributed by atoms with E-state index >= 15 is 0 Å². The molecule has 102 valence electrons. The highest BCUT2D eigenvalue weighted by Gasteiger charge is 2.30. The minimum Gasteiger partial charge on any atom is -0.381 e. The van der Waals surface area contributed by atoms with Gasteiger partial charge in [-0.1, -0.05) is 6.07 Å². The van der Waals surface area contributed by atoms with Crippen LogP contribution < -0.4 is 5.32 Å². The minimum absolute atomic E-state index is 0.443. The molecule has 1 aromatic carbocycles. The predicted octanol–water partition coefficient (Wildman–Crippen LogP) is 3.36. The van der Waals surface area contributed by atoms with Gasteiger partial charge in [0, 0.05) is 31.0 Å². The molecule has 2 aromatic rings. The van der Waals surface area contributed by atoms with E-state index in [1.807, 2.05) is 13.1 Å². The summed E-state index contributed by atoms with van der Waals surface area (Å²) in [4.78, 5) is 0. The number of rotatable bonds is 3. The van der Waals surface area contributed by atoms with Crippen LogP contribution in [0.1, 0.15) is 16.8 Å². The van der Waals surface area contributed by atoms with E-state index in [9.17, 15) is 13.2 Å². The van der Waals surface area contributed by atoms with Crippen LogP contribution in [0.2, 0.25) is 0 Å². The number of aromatic nitrogens is 2. The van der Waals surface area contributed by atoms with Crippen molar-refractivity contribution in [2.75, 3.05) is 5.32 Å². The van der Waals surface area contributed by atoms with E-state index in [0.717, 1.165) is 23.4 Å². The molecule has 0 unspecified atom stereocenters. The summed E-state index contributed by atoms with van der Waals surface area (Å²) in [6, 6.07) is 5.16. The number of benzene rings is 1. The molecule has 0 aliphatic carbocycles. The zero-order chi connectivity index (χ0) is 14.0. The second-order valence-corrected chi connectivity index (χ2v) is 4.35. The van der Waals surface area contributed by atoms with E-state index in [2.05, 4.69) is 10.4 Å². The number of hydrogen-bond donors (Lipinski definition) is 1. The van der Waals surface area contributed by atoms with Crippen LogP contribution in [0.15, 0.2) is 30.5 Å². The van der Waals surface area contributed by atoms with Gasteiger partial charge in [0.15, 0.2) is 0 Å². The fourth-order valence-electron chi connectivity index (χ4n) is 1.82. The van der Waals surface area contributed by atoms with Gasteiger partial charge in [0.1, 0.15) is 0 Å². The molecule has 1 heterocycles. The van der Waals surface area contributed by atoms with Crippen molar-refractivity contribution >= 4 is 5.69 Å². The molecule has 2 rings (SSSR count). The summed E-state index contributed by atoms with van der Waals surface area (Å²) in [7, 11) is 1.81. The van der Waals surface area contributed by atoms with Crippen LogP contribution in [0.4, 0.5) is 18.9 Å². The van der Waals surface area contributed by atoms with Crippen molar-refractivity contribution in [2.24, 2.45) is 7.05 Å². The Morgan fingerprint density at radius 3 is 2.63 bits per heavy atom. The van der Waals surface area contributed by atoms with Crippen molar-refractivity contribution < 1.29 is 13.2 Å². The van der Waals surface area contributed by atoms with Crippen molar-refractivity contribution in [1.29, 1.82) is 0 Å². The van der Waals surface area contributed by atoms with Gasteiger partial charge in [0.05, 0.1) is 11.3 Å². The third-order valence-electron chi connectivity index (χ3n) is 2.79. The lowest BCUT2D eigenvalue weighted by atomic mass is 10.2. The zero-order valence-corrected chi connectivity index (χ0v) is 10.6. The maximum absolute atomic E-state index is 12.6. The molecule has 0 spiro atoms. The number of alkyl halides is 3. The van der Waals surface area contributed by atoms with Gasteiger partial charge in [0.25, 0.3) is 0 Å². The summed E-state index contributed by atoms with van der Waals surface area (Å²) in [5.74, 6) is 0. The van der Waals surface area contributed by atoms with Gasteiger partial charge in [-0.3, -0.25) is 4.68 Å². The molecule has 0 aliphatic heterocycles. The summed E-state index contributed by atoms with van der Waals surface area (Å²) in [5, 5.41) is 7.15. The quantitative estimate of drug-likeness (QED) is 0.926. The Kier molecular flexibility index (Phi) is 3.50. The SMILES string of the molecule is Cc1nn(C)cc1CNc1cccc(C(F)(F)F)c1. The molecule has 0 radical (unpaired) electrons. The summed E-state index contributed by atoms with van der Waals surface area (Å²) in [6.07, 6.45) is -2.47. The standard InChI is InChI=1S/C13H14F3N3/c1-9-10(8-19(2)18-9)7-17-12-5-3-4-11(6-12)13(14,15)16/h3-6,8,17H,7H2,1-2H3. The van der Waals surface area contributed by atoms with E-state index in [4.69, 9.17) is 0 Å². The van der Waals surface area contributed by atoms with Gasteiger partial charge in [-0.05, 0) is 25.1 Å². The van der Waals surface area contributed by atoms with Crippen LogP contribution in [-0.2, 0) is 19.8 Å². The van der Waals surface area contributed by atoms with Crippen LogP contribution >= 0.6 is 0 Å². The lowest BCUT2D eigenvalue weighted by molar-refractivity contribution is -0.137. The first-order valence-corrected chi connectivity index (χ1v) is 5.76. The summed E-state index contributed by atoms with van der Waals surface area (Å²) < 4.78 is 39.4. The van der Waals surface area contributed by atoms with E-state index in [1.54, 1.807) is 17.8 Å². The lowest BCUT2D eigenvalue weighted by Gasteiger charge is -2.10. The molecule has 0 saturated heterocycles. The summed E-state index contributed by atoms with van der Waals surface area (Å²) in [5.41, 5.74) is 1.61. The Balaban J connectivity index is 2.10. The van der Waals surface area contributed by atoms with Crippen molar-refractivity contribution in [3.63, 3.8) is 0 Å². The van der Waals surface area contributed by atoms with Crippen molar-refractivity contribution in [2.45, 2.75) is 19.6 Å². The smallest absolute Gasteiger partial charge is 0.381 e. The number of anilines is 1. The summed E-state index contributed by atoms with van der Waals surface area (Å²) in [6.45, 7) is 2.31. The molecule has 0 amide bonds. The highest BCUT2D eigenvalue weighted by atomic mass is 19.4. The monoisotopic (exact) mass is 269 g/mol. The fourth-order valence-corrected chi connectivity index (χ4v) is 1.82. The first kappa shape index (κ1) is 13.5. The van der Waals surface area contributed by atoms with Gasteiger partial charge in [-0.25, -0.2) is 0 Å². The number of aryl methyl sites for hydroxylation is 2. The zero-order valence-electron chi connectivity index (χ0n) is 10.6. The second kappa shape index (κ2) is 4.95. The average Bonchev–Trinajstić information content (AvgIpc) is 2.64. The Hall–Kier alpha value is -1.98. The molecule has 19 heavy (non-hydrogen) atoms. The van der Waals surface area contributed by atoms with Crippen LogP contribution in [0.25, 0.3) is 0 Å². The molecule has 0 fully saturated rings. The van der Waals surface area contributed by atoms with E-state index in [1.165, 1.54) is 6.07 Å². The van der Waals surface area contributed by atoms with Gasteiger partial charge in [0.2, 0.25) is 0 Å². The third kappa shape index (κ3) is 3.27. The Morgan fingerprint density at radius 1 is 1.32 bits per heavy atom. The Labute approximate surface area is 109 Å². The van der Waals surface area contributed by atoms with E-state index in [0.29, 0.717) is 12.2 Å². The third-order valence-corrected chi connectivity index (χ3v) is 2.79. The topological polar surface area (TPSA) is 29.9 Å². The summed E-state index contributed by atoms with van der Waals surface area (Å²) >= 11 is 0. The highest BCUT2D eigenvalue weighted by molar-refractivity contribution is 5.47. The molecule has 0 atom stereocenters. The number of nitrogens with one attached hydrogen (secondary N) is 1. The number of hydrogen-bond acceptors (Lipinski definition) is 2. The van der Waals surface area contributed by atoms with Crippen LogP contribution in [0, 0.1) is 6.92 Å². The molecule has 1 N–H and O–H groups in total.